The summed E-state index contributed by atoms with van der Waals surface area (Å²) in [5.41, 5.74) is 0.585. The summed E-state index contributed by atoms with van der Waals surface area (Å²) in [5, 5.41) is 5.09. The highest BCUT2D eigenvalue weighted by Crippen LogP contribution is 2.18. The van der Waals surface area contributed by atoms with E-state index in [-0.39, 0.29) is 28.8 Å². The van der Waals surface area contributed by atoms with Crippen LogP contribution in [0.1, 0.15) is 23.2 Å². The van der Waals surface area contributed by atoms with Gasteiger partial charge in [0.25, 0.3) is 15.9 Å². The quantitative estimate of drug-likeness (QED) is 0.587. The molecule has 31 heavy (non-hydrogen) atoms. The molecule has 3 amide bonds. The van der Waals surface area contributed by atoms with Crippen LogP contribution in [0.2, 0.25) is 0 Å². The summed E-state index contributed by atoms with van der Waals surface area (Å²) in [4.78, 5) is 38.2. The predicted molar refractivity (Wildman–Crippen MR) is 115 cm³/mol. The van der Waals surface area contributed by atoms with E-state index < -0.39 is 22.0 Å². The lowest BCUT2D eigenvalue weighted by Crippen LogP contribution is -2.48. The van der Waals surface area contributed by atoms with Crippen molar-refractivity contribution in [2.75, 3.05) is 24.9 Å². The van der Waals surface area contributed by atoms with E-state index in [4.69, 9.17) is 0 Å². The molecule has 2 aromatic rings. The highest BCUT2D eigenvalue weighted by molar-refractivity contribution is 7.92. The predicted octanol–water partition coefficient (Wildman–Crippen LogP) is 0.954. The smallest absolute Gasteiger partial charge is 0.261 e. The standard InChI is InChI=1S/C21H24N4O5S/c1-22-21(28)18-8-5-13-25(18)19(26)14-23-20(27)15-9-11-16(12-10-15)24-31(29,30)17-6-3-2-4-7-17/h2-4,6-7,9-12,18,24H,5,8,13-14H2,1H3,(H,22,28)(H,23,27). The molecule has 164 valence electrons. The summed E-state index contributed by atoms with van der Waals surface area (Å²) in [7, 11) is -2.20. The fraction of sp³-hybridized carbons (Fsp3) is 0.286. The summed E-state index contributed by atoms with van der Waals surface area (Å²) < 4.78 is 27.2. The Morgan fingerprint density at radius 1 is 1.03 bits per heavy atom. The van der Waals surface area contributed by atoms with Crippen LogP contribution in [0.25, 0.3) is 0 Å². The number of anilines is 1. The maximum atomic E-state index is 12.4. The van der Waals surface area contributed by atoms with Crippen molar-refractivity contribution in [2.24, 2.45) is 0 Å². The van der Waals surface area contributed by atoms with E-state index in [1.54, 1.807) is 18.2 Å². The van der Waals surface area contributed by atoms with E-state index in [1.807, 2.05) is 0 Å². The number of carbonyl (C=O) groups excluding carboxylic acids is 3. The number of carbonyl (C=O) groups is 3. The Labute approximate surface area is 180 Å². The van der Waals surface area contributed by atoms with Gasteiger partial charge in [0.2, 0.25) is 11.8 Å². The summed E-state index contributed by atoms with van der Waals surface area (Å²) in [6, 6.07) is 13.3. The molecular weight excluding hydrogens is 420 g/mol. The van der Waals surface area contributed by atoms with Crippen LogP contribution in [0.15, 0.2) is 59.5 Å². The minimum absolute atomic E-state index is 0.132. The Bertz CT molecular complexity index is 1050. The molecule has 3 N–H and O–H groups in total. The molecule has 1 unspecified atom stereocenters. The van der Waals surface area contributed by atoms with Gasteiger partial charge in [0.1, 0.15) is 6.04 Å². The fourth-order valence-electron chi connectivity index (χ4n) is 3.37. The maximum absolute atomic E-state index is 12.4. The monoisotopic (exact) mass is 444 g/mol. The van der Waals surface area contributed by atoms with E-state index in [9.17, 15) is 22.8 Å². The third kappa shape index (κ3) is 5.40. The number of amides is 3. The Morgan fingerprint density at radius 3 is 2.35 bits per heavy atom. The average Bonchev–Trinajstić information content (AvgIpc) is 3.27. The molecule has 0 aliphatic carbocycles. The molecule has 0 radical (unpaired) electrons. The molecule has 0 aromatic heterocycles. The van der Waals surface area contributed by atoms with Crippen molar-refractivity contribution in [2.45, 2.75) is 23.8 Å². The van der Waals surface area contributed by atoms with Gasteiger partial charge in [-0.2, -0.15) is 0 Å². The van der Waals surface area contributed by atoms with Gasteiger partial charge < -0.3 is 15.5 Å². The lowest BCUT2D eigenvalue weighted by molar-refractivity contribution is -0.137. The lowest BCUT2D eigenvalue weighted by Gasteiger charge is -2.23. The number of rotatable bonds is 7. The van der Waals surface area contributed by atoms with Crippen molar-refractivity contribution in [1.82, 2.24) is 15.5 Å². The minimum atomic E-state index is -3.73. The lowest BCUT2D eigenvalue weighted by atomic mass is 10.2. The second-order valence-corrected chi connectivity index (χ2v) is 8.72. The summed E-state index contributed by atoms with van der Waals surface area (Å²) in [6.07, 6.45) is 1.33. The van der Waals surface area contributed by atoms with Crippen LogP contribution < -0.4 is 15.4 Å². The second kappa shape index (κ2) is 9.61. The topological polar surface area (TPSA) is 125 Å². The van der Waals surface area contributed by atoms with Gasteiger partial charge >= 0.3 is 0 Å². The number of hydrogen-bond donors (Lipinski definition) is 3. The average molecular weight is 445 g/mol. The van der Waals surface area contributed by atoms with E-state index in [0.717, 1.165) is 6.42 Å². The fourth-order valence-corrected chi connectivity index (χ4v) is 4.45. The molecule has 1 atom stereocenters. The summed E-state index contributed by atoms with van der Waals surface area (Å²) in [5.74, 6) is -1.01. The summed E-state index contributed by atoms with van der Waals surface area (Å²) in [6.45, 7) is 0.248. The molecule has 1 saturated heterocycles. The van der Waals surface area contributed by atoms with Crippen LogP contribution in [0.3, 0.4) is 0 Å². The van der Waals surface area contributed by atoms with Crippen LogP contribution in [0.5, 0.6) is 0 Å². The zero-order valence-corrected chi connectivity index (χ0v) is 17.8. The first-order chi connectivity index (χ1) is 14.8. The van der Waals surface area contributed by atoms with Crippen LogP contribution >= 0.6 is 0 Å². The van der Waals surface area contributed by atoms with E-state index in [0.29, 0.717) is 18.7 Å². The highest BCUT2D eigenvalue weighted by Gasteiger charge is 2.33. The van der Waals surface area contributed by atoms with Crippen molar-refractivity contribution in [3.05, 3.63) is 60.2 Å². The van der Waals surface area contributed by atoms with Gasteiger partial charge in [-0.25, -0.2) is 8.42 Å². The molecule has 0 spiro atoms. The van der Waals surface area contributed by atoms with Gasteiger partial charge in [0.15, 0.2) is 0 Å². The Morgan fingerprint density at radius 2 is 1.71 bits per heavy atom. The van der Waals surface area contributed by atoms with Crippen LogP contribution in [0, 0.1) is 0 Å². The van der Waals surface area contributed by atoms with Gasteiger partial charge in [-0.15, -0.1) is 0 Å². The first-order valence-electron chi connectivity index (χ1n) is 9.79. The molecule has 1 heterocycles. The molecular formula is C21H24N4O5S. The van der Waals surface area contributed by atoms with Crippen molar-refractivity contribution >= 4 is 33.4 Å². The third-order valence-corrected chi connectivity index (χ3v) is 6.37. The molecule has 9 nitrogen and oxygen atoms in total. The van der Waals surface area contributed by atoms with Crippen molar-refractivity contribution in [1.29, 1.82) is 0 Å². The first-order valence-corrected chi connectivity index (χ1v) is 11.3. The molecule has 3 rings (SSSR count). The number of benzene rings is 2. The van der Waals surface area contributed by atoms with Crippen LogP contribution in [-0.2, 0) is 19.6 Å². The van der Waals surface area contributed by atoms with Crippen LogP contribution in [-0.4, -0.2) is 57.2 Å². The van der Waals surface area contributed by atoms with Crippen molar-refractivity contribution in [3.63, 3.8) is 0 Å². The molecule has 1 aliphatic rings. The Kier molecular flexibility index (Phi) is 6.91. The zero-order valence-electron chi connectivity index (χ0n) is 17.0. The number of hydrogen-bond acceptors (Lipinski definition) is 5. The van der Waals surface area contributed by atoms with Gasteiger partial charge in [-0.3, -0.25) is 19.1 Å². The normalized spacial score (nSPS) is 15.9. The summed E-state index contributed by atoms with van der Waals surface area (Å²) >= 11 is 0. The van der Waals surface area contributed by atoms with E-state index in [1.165, 1.54) is 48.3 Å². The number of likely N-dealkylation sites (tertiary alicyclic amines) is 1. The SMILES string of the molecule is CNC(=O)C1CCCN1C(=O)CNC(=O)c1ccc(NS(=O)(=O)c2ccccc2)cc1. The molecule has 0 saturated carbocycles. The number of sulfonamides is 1. The van der Waals surface area contributed by atoms with E-state index in [2.05, 4.69) is 15.4 Å². The van der Waals surface area contributed by atoms with Crippen molar-refractivity contribution in [3.8, 4) is 0 Å². The number of nitrogens with one attached hydrogen (secondary N) is 3. The highest BCUT2D eigenvalue weighted by atomic mass is 32.2. The number of likely N-dealkylation sites (N-methyl/N-ethyl adjacent to an activating group) is 1. The Balaban J connectivity index is 1.57. The van der Waals surface area contributed by atoms with Crippen molar-refractivity contribution < 1.29 is 22.8 Å². The molecule has 1 aliphatic heterocycles. The zero-order chi connectivity index (χ0) is 22.4. The van der Waals surface area contributed by atoms with Gasteiger partial charge in [0, 0.05) is 24.8 Å². The van der Waals surface area contributed by atoms with Gasteiger partial charge in [-0.1, -0.05) is 18.2 Å². The maximum Gasteiger partial charge on any atom is 0.261 e. The largest absolute Gasteiger partial charge is 0.357 e. The molecule has 2 aromatic carbocycles. The van der Waals surface area contributed by atoms with Gasteiger partial charge in [0.05, 0.1) is 11.4 Å². The molecule has 0 bridgehead atoms. The molecule has 1 fully saturated rings. The molecule has 10 heteroatoms. The first kappa shape index (κ1) is 22.3. The minimum Gasteiger partial charge on any atom is -0.357 e. The van der Waals surface area contributed by atoms with Gasteiger partial charge in [-0.05, 0) is 49.2 Å². The third-order valence-electron chi connectivity index (χ3n) is 4.98. The second-order valence-electron chi connectivity index (χ2n) is 7.04. The van der Waals surface area contributed by atoms with E-state index >= 15 is 0 Å². The number of nitrogens with zero attached hydrogens (tertiary/aromatic N) is 1. The Hall–Kier alpha value is -3.40. The van der Waals surface area contributed by atoms with Crippen LogP contribution in [0.4, 0.5) is 5.69 Å².